The maximum Gasteiger partial charge on any atom is 1.00 e. The van der Waals surface area contributed by atoms with Crippen LogP contribution in [0.25, 0.3) is 0 Å². The summed E-state index contributed by atoms with van der Waals surface area (Å²) in [6.45, 7) is 4.26. The molecule has 0 N–H and O–H groups in total. The Bertz CT molecular complexity index is 390. The minimum absolute atomic E-state index is 0. The maximum atomic E-state index is 11.7. The Labute approximate surface area is 203 Å². The molecule has 4 unspecified atom stereocenters. The van der Waals surface area contributed by atoms with E-state index in [1.54, 1.807) is 0 Å². The third-order valence-electron chi connectivity index (χ3n) is 5.69. The number of aliphatic carboxylic acids is 2. The zero-order chi connectivity index (χ0) is 17.9. The van der Waals surface area contributed by atoms with Crippen molar-refractivity contribution in [2.24, 2.45) is 23.7 Å². The molecule has 26 heavy (non-hydrogen) atoms. The Kier molecular flexibility index (Phi) is 18.9. The van der Waals surface area contributed by atoms with Crippen molar-refractivity contribution >= 4 is 11.9 Å². The van der Waals surface area contributed by atoms with Crippen molar-refractivity contribution in [2.45, 2.75) is 90.9 Å². The minimum atomic E-state index is -1.20. The molecule has 0 heterocycles. The van der Waals surface area contributed by atoms with Gasteiger partial charge in [0.15, 0.2) is 0 Å². The van der Waals surface area contributed by atoms with Gasteiger partial charge in [-0.3, -0.25) is 0 Å². The Hall–Kier alpha value is 0.940. The average molecular weight is 384 g/mol. The first-order valence-corrected chi connectivity index (χ1v) is 9.92. The van der Waals surface area contributed by atoms with Gasteiger partial charge in [-0.15, -0.1) is 0 Å². The van der Waals surface area contributed by atoms with E-state index in [4.69, 9.17) is 0 Å². The van der Waals surface area contributed by atoms with E-state index < -0.39 is 23.8 Å². The number of carbonyl (C=O) groups excluding carboxylic acids is 2. The quantitative estimate of drug-likeness (QED) is 0.292. The van der Waals surface area contributed by atoms with Gasteiger partial charge in [-0.1, -0.05) is 71.6 Å². The molecule has 0 aromatic rings. The fraction of sp³-hybridized carbons (Fsp3) is 0.900. The van der Waals surface area contributed by atoms with Crippen LogP contribution in [0.4, 0.5) is 0 Å². The van der Waals surface area contributed by atoms with Crippen molar-refractivity contribution in [1.29, 1.82) is 0 Å². The van der Waals surface area contributed by atoms with E-state index in [2.05, 4.69) is 13.8 Å². The molecular weight excluding hydrogens is 350 g/mol. The largest absolute Gasteiger partial charge is 1.00 e. The molecule has 0 aromatic heterocycles. The van der Waals surface area contributed by atoms with Gasteiger partial charge in [-0.05, 0) is 31.1 Å². The van der Waals surface area contributed by atoms with E-state index in [0.717, 1.165) is 70.6 Å². The van der Waals surface area contributed by atoms with Crippen LogP contribution in [0.1, 0.15) is 90.9 Å². The van der Waals surface area contributed by atoms with Crippen molar-refractivity contribution in [1.82, 2.24) is 0 Å². The zero-order valence-electron chi connectivity index (χ0n) is 17.4. The molecule has 0 saturated heterocycles. The standard InChI is InChI=1S/C20H36O4.2Na/c1-3-5-7-10-15-11-9-13-16(12-8-6-4-2)18(20(23)24)17(14-15)19(21)22;;/h15-18H,3-14H2,1-2H3,(H,21,22)(H,23,24);;/q;2*+1/p-2. The second-order valence-corrected chi connectivity index (χ2v) is 7.55. The number of carboxylic acid groups (broad SMARTS) is 2. The summed E-state index contributed by atoms with van der Waals surface area (Å²) in [5.74, 6) is -3.96. The topological polar surface area (TPSA) is 80.3 Å². The second kappa shape index (κ2) is 16.9. The molecule has 1 aliphatic rings. The van der Waals surface area contributed by atoms with Crippen molar-refractivity contribution < 1.29 is 78.9 Å². The van der Waals surface area contributed by atoms with Crippen LogP contribution in [0.2, 0.25) is 0 Å². The van der Waals surface area contributed by atoms with Gasteiger partial charge in [-0.25, -0.2) is 0 Å². The fourth-order valence-electron chi connectivity index (χ4n) is 4.33. The van der Waals surface area contributed by atoms with Gasteiger partial charge in [0.2, 0.25) is 0 Å². The fourth-order valence-corrected chi connectivity index (χ4v) is 4.33. The average Bonchev–Trinajstić information content (AvgIpc) is 2.50. The Morgan fingerprint density at radius 3 is 1.92 bits per heavy atom. The van der Waals surface area contributed by atoms with Crippen LogP contribution in [0.3, 0.4) is 0 Å². The Balaban J connectivity index is 0. The summed E-state index contributed by atoms with van der Waals surface area (Å²) in [6, 6.07) is 0. The van der Waals surface area contributed by atoms with Crippen LogP contribution < -0.4 is 69.3 Å². The summed E-state index contributed by atoms with van der Waals surface area (Å²) in [4.78, 5) is 23.4. The van der Waals surface area contributed by atoms with Crippen LogP contribution in [-0.4, -0.2) is 11.9 Å². The first-order chi connectivity index (χ1) is 11.5. The number of carboxylic acids is 2. The summed E-state index contributed by atoms with van der Waals surface area (Å²) in [5, 5.41) is 23.4. The van der Waals surface area contributed by atoms with Gasteiger partial charge >= 0.3 is 59.1 Å². The maximum absolute atomic E-state index is 11.7. The van der Waals surface area contributed by atoms with Gasteiger partial charge in [0.25, 0.3) is 0 Å². The van der Waals surface area contributed by atoms with Crippen LogP contribution in [-0.2, 0) is 9.59 Å². The predicted octanol–water partition coefficient (Wildman–Crippen LogP) is -3.31. The Morgan fingerprint density at radius 1 is 0.846 bits per heavy atom. The SMILES string of the molecule is CCCCCC1CCCC(CCCCC)C(C(=O)[O-])C(C(=O)[O-])C1.[Na+].[Na+]. The van der Waals surface area contributed by atoms with Gasteiger partial charge in [-0.2, -0.15) is 0 Å². The van der Waals surface area contributed by atoms with Crippen LogP contribution in [0, 0.1) is 23.7 Å². The second-order valence-electron chi connectivity index (χ2n) is 7.55. The van der Waals surface area contributed by atoms with Gasteiger partial charge < -0.3 is 19.8 Å². The normalized spacial score (nSPS) is 25.9. The number of rotatable bonds is 10. The molecule has 1 fully saturated rings. The summed E-state index contributed by atoms with van der Waals surface area (Å²) in [5.41, 5.74) is 0. The van der Waals surface area contributed by atoms with Gasteiger partial charge in [0.1, 0.15) is 0 Å². The van der Waals surface area contributed by atoms with E-state index in [1.165, 1.54) is 0 Å². The molecule has 0 bridgehead atoms. The van der Waals surface area contributed by atoms with Gasteiger partial charge in [0.05, 0.1) is 0 Å². The molecule has 1 saturated carbocycles. The molecule has 6 heteroatoms. The molecule has 4 nitrogen and oxygen atoms in total. The van der Waals surface area contributed by atoms with Crippen molar-refractivity contribution in [3.05, 3.63) is 0 Å². The van der Waals surface area contributed by atoms with Crippen LogP contribution in [0.15, 0.2) is 0 Å². The van der Waals surface area contributed by atoms with E-state index in [9.17, 15) is 19.8 Å². The predicted molar refractivity (Wildman–Crippen MR) is 90.7 cm³/mol. The molecule has 4 atom stereocenters. The third kappa shape index (κ3) is 10.5. The molecule has 0 aromatic carbocycles. The van der Waals surface area contributed by atoms with Crippen molar-refractivity contribution in [2.75, 3.05) is 0 Å². The number of carbonyl (C=O) groups is 2. The smallest absolute Gasteiger partial charge is 0.550 e. The molecule has 0 spiro atoms. The summed E-state index contributed by atoms with van der Waals surface area (Å²) in [7, 11) is 0. The van der Waals surface area contributed by atoms with Gasteiger partial charge in [0, 0.05) is 23.8 Å². The summed E-state index contributed by atoms with van der Waals surface area (Å²) < 4.78 is 0. The molecule has 0 radical (unpaired) electrons. The molecule has 1 aliphatic carbocycles. The molecule has 0 aliphatic heterocycles. The monoisotopic (exact) mass is 384 g/mol. The van der Waals surface area contributed by atoms with E-state index in [1.807, 2.05) is 0 Å². The van der Waals surface area contributed by atoms with Crippen LogP contribution >= 0.6 is 0 Å². The Morgan fingerprint density at radius 2 is 1.42 bits per heavy atom. The number of hydrogen-bond acceptors (Lipinski definition) is 4. The first kappa shape index (κ1) is 29.1. The molecule has 0 amide bonds. The first-order valence-electron chi connectivity index (χ1n) is 9.92. The summed E-state index contributed by atoms with van der Waals surface area (Å²) in [6.07, 6.45) is 11.5. The molecule has 1 rings (SSSR count). The molecule has 140 valence electrons. The van der Waals surface area contributed by atoms with E-state index in [0.29, 0.717) is 12.3 Å². The third-order valence-corrected chi connectivity index (χ3v) is 5.69. The summed E-state index contributed by atoms with van der Waals surface area (Å²) >= 11 is 0. The van der Waals surface area contributed by atoms with E-state index in [-0.39, 0.29) is 65.0 Å². The van der Waals surface area contributed by atoms with E-state index >= 15 is 0 Å². The van der Waals surface area contributed by atoms with Crippen molar-refractivity contribution in [3.8, 4) is 0 Å². The minimum Gasteiger partial charge on any atom is -0.550 e. The van der Waals surface area contributed by atoms with Crippen molar-refractivity contribution in [3.63, 3.8) is 0 Å². The number of unbranched alkanes of at least 4 members (excludes halogenated alkanes) is 4. The molecular formula is C20H34Na2O4. The zero-order valence-corrected chi connectivity index (χ0v) is 21.4. The number of hydrogen-bond donors (Lipinski definition) is 0. The van der Waals surface area contributed by atoms with Crippen LogP contribution in [0.5, 0.6) is 0 Å².